The van der Waals surface area contributed by atoms with E-state index >= 15 is 0 Å². The van der Waals surface area contributed by atoms with Gasteiger partial charge in [-0.2, -0.15) is 13.2 Å². The van der Waals surface area contributed by atoms with E-state index in [1.54, 1.807) is 31.5 Å². The molecule has 2 N–H and O–H groups in total. The van der Waals surface area contributed by atoms with Crippen LogP contribution >= 0.6 is 0 Å². The lowest BCUT2D eigenvalue weighted by atomic mass is 10.0. The molecule has 1 aliphatic rings. The Morgan fingerprint density at radius 3 is 2.59 bits per heavy atom. The first kappa shape index (κ1) is 20.3. The Balaban J connectivity index is 1.52. The van der Waals surface area contributed by atoms with Crippen LogP contribution in [-0.4, -0.2) is 21.5 Å². The number of pyridine rings is 2. The first-order valence-electron chi connectivity index (χ1n) is 10.4. The van der Waals surface area contributed by atoms with Crippen molar-refractivity contribution in [1.82, 2.24) is 15.0 Å². The van der Waals surface area contributed by atoms with E-state index in [4.69, 9.17) is 0 Å². The van der Waals surface area contributed by atoms with Gasteiger partial charge in [0.2, 0.25) is 0 Å². The number of aromatic nitrogens is 3. The van der Waals surface area contributed by atoms with Crippen molar-refractivity contribution >= 4 is 29.0 Å². The number of benzene rings is 1. The lowest BCUT2D eigenvalue weighted by Gasteiger charge is -2.17. The van der Waals surface area contributed by atoms with E-state index in [1.807, 2.05) is 12.3 Å². The van der Waals surface area contributed by atoms with Gasteiger partial charge in [-0.25, -0.2) is 9.97 Å². The predicted octanol–water partition coefficient (Wildman–Crippen LogP) is 6.48. The van der Waals surface area contributed by atoms with Gasteiger partial charge in [-0.15, -0.1) is 0 Å². The first-order valence-corrected chi connectivity index (χ1v) is 10.4. The summed E-state index contributed by atoms with van der Waals surface area (Å²) in [7, 11) is 0. The van der Waals surface area contributed by atoms with E-state index in [1.165, 1.54) is 17.7 Å². The van der Waals surface area contributed by atoms with E-state index in [-0.39, 0.29) is 5.56 Å². The molecule has 0 saturated heterocycles. The van der Waals surface area contributed by atoms with Gasteiger partial charge in [0.05, 0.1) is 5.56 Å². The third kappa shape index (κ3) is 3.86. The molecule has 4 heterocycles. The number of anilines is 1. The smallest absolute Gasteiger partial charge is 0.370 e. The summed E-state index contributed by atoms with van der Waals surface area (Å²) >= 11 is 0. The molecule has 0 atom stereocenters. The minimum absolute atomic E-state index is 0.141. The van der Waals surface area contributed by atoms with Crippen LogP contribution in [0.4, 0.5) is 19.0 Å². The number of hydrogen-bond donors (Lipinski definition) is 2. The van der Waals surface area contributed by atoms with Gasteiger partial charge in [0.1, 0.15) is 11.5 Å². The van der Waals surface area contributed by atoms with Gasteiger partial charge in [0.25, 0.3) is 0 Å². The van der Waals surface area contributed by atoms with Crippen molar-refractivity contribution in [3.8, 4) is 11.1 Å². The summed E-state index contributed by atoms with van der Waals surface area (Å²) in [5.41, 5.74) is 4.79. The lowest BCUT2D eigenvalue weighted by Crippen LogP contribution is -2.13. The van der Waals surface area contributed by atoms with E-state index in [0.29, 0.717) is 5.65 Å². The molecule has 0 saturated carbocycles. The number of aromatic amines is 1. The number of nitrogens with one attached hydrogen (secondary N) is 2. The number of alkyl halides is 3. The number of hydrogen-bond acceptors (Lipinski definition) is 3. The summed E-state index contributed by atoms with van der Waals surface area (Å²) in [5, 5.41) is 4.15. The average Bonchev–Trinajstić information content (AvgIpc) is 3.19. The normalized spacial score (nSPS) is 14.0. The summed E-state index contributed by atoms with van der Waals surface area (Å²) in [6.07, 6.45) is 6.22. The van der Waals surface area contributed by atoms with Crippen molar-refractivity contribution in [3.63, 3.8) is 0 Å². The molecule has 5 rings (SSSR count). The molecule has 4 nitrogen and oxygen atoms in total. The van der Waals surface area contributed by atoms with Gasteiger partial charge in [-0.3, -0.25) is 0 Å². The molecule has 0 fully saturated rings. The van der Waals surface area contributed by atoms with Crippen LogP contribution in [0.5, 0.6) is 0 Å². The molecule has 32 heavy (non-hydrogen) atoms. The molecular weight excluding hydrogens is 413 g/mol. The quantitative estimate of drug-likeness (QED) is 0.388. The number of H-pyrrole nitrogens is 1. The molecular formula is C25H21F3N4. The number of nitrogens with zero attached hydrogens (tertiary/aromatic N) is 2. The van der Waals surface area contributed by atoms with E-state index in [0.717, 1.165) is 58.9 Å². The van der Waals surface area contributed by atoms with Crippen molar-refractivity contribution < 1.29 is 13.2 Å². The van der Waals surface area contributed by atoms with Crippen molar-refractivity contribution in [2.24, 2.45) is 0 Å². The molecule has 0 bridgehead atoms. The molecule has 162 valence electrons. The predicted molar refractivity (Wildman–Crippen MR) is 121 cm³/mol. The average molecular weight is 434 g/mol. The topological polar surface area (TPSA) is 53.6 Å². The van der Waals surface area contributed by atoms with Crippen molar-refractivity contribution in [2.75, 3.05) is 11.9 Å². The zero-order valence-electron chi connectivity index (χ0n) is 17.4. The van der Waals surface area contributed by atoms with Gasteiger partial charge >= 0.3 is 6.18 Å². The highest BCUT2D eigenvalue weighted by Gasteiger charge is 2.32. The number of halogens is 3. The van der Waals surface area contributed by atoms with Crippen LogP contribution in [0.15, 0.2) is 48.9 Å². The highest BCUT2D eigenvalue weighted by molar-refractivity contribution is 5.92. The van der Waals surface area contributed by atoms with Crippen LogP contribution in [0, 0.1) is 6.92 Å². The molecule has 1 aliphatic heterocycles. The van der Waals surface area contributed by atoms with Gasteiger partial charge in [0, 0.05) is 47.2 Å². The van der Waals surface area contributed by atoms with Gasteiger partial charge in [-0.1, -0.05) is 29.8 Å². The van der Waals surface area contributed by atoms with Gasteiger partial charge in [-0.05, 0) is 49.1 Å². The minimum Gasteiger partial charge on any atom is -0.370 e. The summed E-state index contributed by atoms with van der Waals surface area (Å²) in [4.78, 5) is 12.1. The Bertz CT molecular complexity index is 1340. The highest BCUT2D eigenvalue weighted by atomic mass is 19.4. The van der Waals surface area contributed by atoms with Crippen LogP contribution in [0.25, 0.3) is 34.3 Å². The van der Waals surface area contributed by atoms with Crippen molar-refractivity contribution in [2.45, 2.75) is 25.9 Å². The maximum atomic E-state index is 13.4. The second kappa shape index (κ2) is 7.82. The van der Waals surface area contributed by atoms with Crippen LogP contribution in [-0.2, 0) is 12.6 Å². The summed E-state index contributed by atoms with van der Waals surface area (Å²) < 4.78 is 40.2. The molecule has 7 heteroatoms. The number of rotatable bonds is 3. The maximum absolute atomic E-state index is 13.4. The largest absolute Gasteiger partial charge is 0.416 e. The van der Waals surface area contributed by atoms with Crippen LogP contribution in [0.1, 0.15) is 34.2 Å². The molecule has 0 spiro atoms. The summed E-state index contributed by atoms with van der Waals surface area (Å²) in [5.74, 6) is 0.929. The number of aryl methyl sites for hydroxylation is 2. The monoisotopic (exact) mass is 434 g/mol. The standard InChI is InChI=1S/C25H21F3N4/c1-15-4-7-22(25(26,27)28)16(9-15)5-6-18-12-31-24-21(18)11-20(14-32-24)19-10-17-3-2-8-29-23(17)30-13-19/h4-7,9-14H,2-3,8H2,1H3,(H,29,30)(H,31,32)/b6-5+. The zero-order chi connectivity index (χ0) is 22.3. The zero-order valence-corrected chi connectivity index (χ0v) is 17.4. The molecule has 0 unspecified atom stereocenters. The molecule has 1 aromatic carbocycles. The molecule has 0 radical (unpaired) electrons. The fourth-order valence-corrected chi connectivity index (χ4v) is 4.08. The molecule has 0 aliphatic carbocycles. The van der Waals surface area contributed by atoms with Crippen molar-refractivity contribution in [1.29, 1.82) is 0 Å². The third-order valence-corrected chi connectivity index (χ3v) is 5.73. The van der Waals surface area contributed by atoms with E-state index in [9.17, 15) is 13.2 Å². The lowest BCUT2D eigenvalue weighted by molar-refractivity contribution is -0.137. The molecule has 3 aromatic heterocycles. The van der Waals surface area contributed by atoms with Crippen molar-refractivity contribution in [3.05, 3.63) is 76.7 Å². The van der Waals surface area contributed by atoms with Gasteiger partial charge in [0.15, 0.2) is 0 Å². The van der Waals surface area contributed by atoms with E-state index < -0.39 is 11.7 Å². The first-order chi connectivity index (χ1) is 15.4. The minimum atomic E-state index is -4.41. The third-order valence-electron chi connectivity index (χ3n) is 5.73. The fourth-order valence-electron chi connectivity index (χ4n) is 4.08. The second-order valence-corrected chi connectivity index (χ2v) is 8.05. The Labute approximate surface area is 183 Å². The van der Waals surface area contributed by atoms with Gasteiger partial charge < -0.3 is 10.3 Å². The highest BCUT2D eigenvalue weighted by Crippen LogP contribution is 2.34. The molecule has 4 aromatic rings. The Hall–Kier alpha value is -3.61. The molecule has 0 amide bonds. The van der Waals surface area contributed by atoms with Crippen LogP contribution in [0.2, 0.25) is 0 Å². The summed E-state index contributed by atoms with van der Waals surface area (Å²) in [6.45, 7) is 2.71. The Kier molecular flexibility index (Phi) is 4.96. The fraction of sp³-hybridized carbons (Fsp3) is 0.200. The Morgan fingerprint density at radius 1 is 0.969 bits per heavy atom. The van der Waals surface area contributed by atoms with E-state index in [2.05, 4.69) is 26.3 Å². The Morgan fingerprint density at radius 2 is 1.75 bits per heavy atom. The maximum Gasteiger partial charge on any atom is 0.416 e. The summed E-state index contributed by atoms with van der Waals surface area (Å²) in [6, 6.07) is 8.28. The SMILES string of the molecule is Cc1ccc(C(F)(F)F)c(/C=C/c2c[nH]c3ncc(-c4cnc5c(c4)CCCN5)cc23)c1. The van der Waals surface area contributed by atoms with Crippen LogP contribution in [0.3, 0.4) is 0 Å². The second-order valence-electron chi connectivity index (χ2n) is 8.05. The number of fused-ring (bicyclic) bond motifs is 2. The van der Waals surface area contributed by atoms with Crippen LogP contribution < -0.4 is 5.32 Å².